The summed E-state index contributed by atoms with van der Waals surface area (Å²) < 4.78 is 7.26. The van der Waals surface area contributed by atoms with E-state index in [-0.39, 0.29) is 5.91 Å². The highest BCUT2D eigenvalue weighted by Crippen LogP contribution is 2.25. The normalized spacial score (nSPS) is 19.7. The molecule has 1 aliphatic carbocycles. The third-order valence-corrected chi connectivity index (χ3v) is 5.80. The van der Waals surface area contributed by atoms with Gasteiger partial charge in [-0.1, -0.05) is 25.8 Å². The lowest BCUT2D eigenvalue weighted by molar-refractivity contribution is -0.122. The molecule has 2 aromatic rings. The fourth-order valence-corrected chi connectivity index (χ4v) is 4.08. The van der Waals surface area contributed by atoms with Crippen molar-refractivity contribution in [3.8, 4) is 11.4 Å². The molecule has 27 heavy (non-hydrogen) atoms. The van der Waals surface area contributed by atoms with Crippen molar-refractivity contribution in [3.63, 3.8) is 0 Å². The van der Waals surface area contributed by atoms with Gasteiger partial charge in [-0.3, -0.25) is 4.79 Å². The Morgan fingerprint density at radius 2 is 2.07 bits per heavy atom. The largest absolute Gasteiger partial charge is 0.497 e. The molecule has 0 saturated heterocycles. The van der Waals surface area contributed by atoms with Crippen LogP contribution >= 0.6 is 0 Å². The van der Waals surface area contributed by atoms with Crippen LogP contribution in [0.3, 0.4) is 0 Å². The van der Waals surface area contributed by atoms with Gasteiger partial charge in [-0.05, 0) is 56.7 Å². The summed E-state index contributed by atoms with van der Waals surface area (Å²) in [5.41, 5.74) is 4.19. The molecule has 1 N–H and O–H groups in total. The van der Waals surface area contributed by atoms with E-state index in [1.54, 1.807) is 7.11 Å². The van der Waals surface area contributed by atoms with Crippen LogP contribution in [0.15, 0.2) is 24.3 Å². The lowest BCUT2D eigenvalue weighted by Crippen LogP contribution is -2.41. The van der Waals surface area contributed by atoms with Crippen molar-refractivity contribution in [2.24, 2.45) is 5.92 Å². The maximum absolute atomic E-state index is 12.5. The predicted molar refractivity (Wildman–Crippen MR) is 107 cm³/mol. The van der Waals surface area contributed by atoms with Crippen molar-refractivity contribution in [2.75, 3.05) is 7.11 Å². The minimum atomic E-state index is 0.154. The van der Waals surface area contributed by atoms with Crippen molar-refractivity contribution >= 4 is 5.91 Å². The number of aromatic nitrogens is 2. The molecule has 1 saturated carbocycles. The first-order valence-electron chi connectivity index (χ1n) is 9.98. The Morgan fingerprint density at radius 3 is 2.81 bits per heavy atom. The second-order valence-corrected chi connectivity index (χ2v) is 7.70. The van der Waals surface area contributed by atoms with Crippen LogP contribution in [0, 0.1) is 19.8 Å². The van der Waals surface area contributed by atoms with Crippen LogP contribution in [0.1, 0.15) is 56.0 Å². The molecule has 1 heterocycles. The molecule has 1 fully saturated rings. The Hall–Kier alpha value is -2.30. The highest BCUT2D eigenvalue weighted by molar-refractivity contribution is 5.76. The second kappa shape index (κ2) is 8.59. The Balaban J connectivity index is 1.67. The van der Waals surface area contributed by atoms with E-state index in [0.29, 0.717) is 24.8 Å². The Kier molecular flexibility index (Phi) is 6.19. The molecule has 0 aliphatic heterocycles. The van der Waals surface area contributed by atoms with Crippen LogP contribution in [0.25, 0.3) is 5.69 Å². The SMILES string of the molecule is COc1cccc(-n2nc(C)c(CCC(=O)N[C@H]3CCCC[C@@H]3C)c2C)c1. The van der Waals surface area contributed by atoms with E-state index < -0.39 is 0 Å². The van der Waals surface area contributed by atoms with Gasteiger partial charge in [0, 0.05) is 24.2 Å². The molecule has 5 heteroatoms. The summed E-state index contributed by atoms with van der Waals surface area (Å²) in [6, 6.07) is 8.21. The van der Waals surface area contributed by atoms with Gasteiger partial charge in [-0.25, -0.2) is 4.68 Å². The molecular formula is C22H31N3O2. The number of nitrogens with one attached hydrogen (secondary N) is 1. The molecule has 146 valence electrons. The number of methoxy groups -OCH3 is 1. The molecule has 1 aromatic carbocycles. The molecule has 0 unspecified atom stereocenters. The summed E-state index contributed by atoms with van der Waals surface area (Å²) in [5, 5.41) is 7.94. The van der Waals surface area contributed by atoms with Gasteiger partial charge in [0.1, 0.15) is 5.75 Å². The van der Waals surface area contributed by atoms with Gasteiger partial charge in [0.15, 0.2) is 0 Å². The first-order chi connectivity index (χ1) is 13.0. The fourth-order valence-electron chi connectivity index (χ4n) is 4.08. The van der Waals surface area contributed by atoms with Crippen molar-refractivity contribution in [2.45, 2.75) is 65.3 Å². The molecule has 1 aromatic heterocycles. The highest BCUT2D eigenvalue weighted by Gasteiger charge is 2.23. The summed E-state index contributed by atoms with van der Waals surface area (Å²) >= 11 is 0. The molecule has 3 rings (SSSR count). The summed E-state index contributed by atoms with van der Waals surface area (Å²) in [5.74, 6) is 1.55. The zero-order valence-corrected chi connectivity index (χ0v) is 16.9. The topological polar surface area (TPSA) is 56.2 Å². The van der Waals surface area contributed by atoms with Gasteiger partial charge in [-0.15, -0.1) is 0 Å². The lowest BCUT2D eigenvalue weighted by Gasteiger charge is -2.29. The second-order valence-electron chi connectivity index (χ2n) is 7.70. The Bertz CT molecular complexity index is 797. The summed E-state index contributed by atoms with van der Waals surface area (Å²) in [6.45, 7) is 6.33. The Morgan fingerprint density at radius 1 is 1.30 bits per heavy atom. The summed E-state index contributed by atoms with van der Waals surface area (Å²) in [4.78, 5) is 12.5. The quantitative estimate of drug-likeness (QED) is 0.833. The van der Waals surface area contributed by atoms with Gasteiger partial charge in [0.2, 0.25) is 5.91 Å². The van der Waals surface area contributed by atoms with Crippen LogP contribution in [0.4, 0.5) is 0 Å². The standard InChI is InChI=1S/C22H31N3O2/c1-15-8-5-6-11-21(15)23-22(26)13-12-20-16(2)24-25(17(20)3)18-9-7-10-19(14-18)27-4/h7,9-10,14-15,21H,5-6,8,11-13H2,1-4H3,(H,23,26)/t15-,21-/m0/s1. The number of nitrogens with zero attached hydrogens (tertiary/aromatic N) is 2. The number of carbonyl (C=O) groups is 1. The summed E-state index contributed by atoms with van der Waals surface area (Å²) in [7, 11) is 1.66. The van der Waals surface area contributed by atoms with Crippen molar-refractivity contribution in [1.82, 2.24) is 15.1 Å². The third-order valence-electron chi connectivity index (χ3n) is 5.80. The average Bonchev–Trinajstić information content (AvgIpc) is 2.96. The first-order valence-corrected chi connectivity index (χ1v) is 9.98. The molecule has 1 aliphatic rings. The maximum Gasteiger partial charge on any atom is 0.220 e. The lowest BCUT2D eigenvalue weighted by atomic mass is 9.86. The van der Waals surface area contributed by atoms with Gasteiger partial charge in [0.25, 0.3) is 0 Å². The summed E-state index contributed by atoms with van der Waals surface area (Å²) in [6.07, 6.45) is 6.06. The highest BCUT2D eigenvalue weighted by atomic mass is 16.5. The van der Waals surface area contributed by atoms with E-state index in [0.717, 1.165) is 34.8 Å². The van der Waals surface area contributed by atoms with Gasteiger partial charge in [0.05, 0.1) is 18.5 Å². The number of amides is 1. The minimum absolute atomic E-state index is 0.154. The number of aryl methyl sites for hydroxylation is 1. The van der Waals surface area contributed by atoms with E-state index in [2.05, 4.69) is 19.2 Å². The Labute approximate surface area is 162 Å². The number of benzene rings is 1. The van der Waals surface area contributed by atoms with E-state index in [4.69, 9.17) is 9.84 Å². The third kappa shape index (κ3) is 4.52. The molecule has 5 nitrogen and oxygen atoms in total. The number of rotatable bonds is 6. The number of ether oxygens (including phenoxy) is 1. The van der Waals surface area contributed by atoms with Crippen molar-refractivity contribution < 1.29 is 9.53 Å². The number of hydrogen-bond acceptors (Lipinski definition) is 3. The number of carbonyl (C=O) groups excluding carboxylic acids is 1. The average molecular weight is 370 g/mol. The van der Waals surface area contributed by atoms with E-state index in [1.807, 2.05) is 35.9 Å². The van der Waals surface area contributed by atoms with E-state index in [9.17, 15) is 4.79 Å². The number of hydrogen-bond donors (Lipinski definition) is 1. The van der Waals surface area contributed by atoms with Crippen LogP contribution in [0.5, 0.6) is 5.75 Å². The van der Waals surface area contributed by atoms with Crippen LogP contribution in [0.2, 0.25) is 0 Å². The smallest absolute Gasteiger partial charge is 0.220 e. The first kappa shape index (κ1) is 19.5. The van der Waals surface area contributed by atoms with Crippen molar-refractivity contribution in [3.05, 3.63) is 41.2 Å². The van der Waals surface area contributed by atoms with E-state index >= 15 is 0 Å². The predicted octanol–water partition coefficient (Wildman–Crippen LogP) is 4.13. The fraction of sp³-hybridized carbons (Fsp3) is 0.545. The molecule has 1 amide bonds. The molecule has 0 spiro atoms. The minimum Gasteiger partial charge on any atom is -0.497 e. The van der Waals surface area contributed by atoms with Crippen LogP contribution in [-0.4, -0.2) is 28.8 Å². The monoisotopic (exact) mass is 369 g/mol. The molecule has 2 atom stereocenters. The molecular weight excluding hydrogens is 338 g/mol. The van der Waals surface area contributed by atoms with Gasteiger partial charge >= 0.3 is 0 Å². The van der Waals surface area contributed by atoms with Crippen LogP contribution < -0.4 is 10.1 Å². The molecule has 0 radical (unpaired) electrons. The maximum atomic E-state index is 12.5. The van der Waals surface area contributed by atoms with Gasteiger partial charge in [-0.2, -0.15) is 5.10 Å². The molecule has 0 bridgehead atoms. The zero-order chi connectivity index (χ0) is 19.4. The van der Waals surface area contributed by atoms with Gasteiger partial charge < -0.3 is 10.1 Å². The zero-order valence-electron chi connectivity index (χ0n) is 16.9. The van der Waals surface area contributed by atoms with Crippen molar-refractivity contribution in [1.29, 1.82) is 0 Å². The van der Waals surface area contributed by atoms with E-state index in [1.165, 1.54) is 19.3 Å². The van der Waals surface area contributed by atoms with Crippen LogP contribution in [-0.2, 0) is 11.2 Å².